The number of ether oxygens (including phenoxy) is 2. The van der Waals surface area contributed by atoms with Gasteiger partial charge in [0.2, 0.25) is 5.91 Å². The highest BCUT2D eigenvalue weighted by Gasteiger charge is 2.49. The highest BCUT2D eigenvalue weighted by atomic mass is 16.5. The van der Waals surface area contributed by atoms with Gasteiger partial charge in [-0.1, -0.05) is 6.42 Å². The topological polar surface area (TPSA) is 122 Å². The van der Waals surface area contributed by atoms with Crippen LogP contribution in [0.25, 0.3) is 0 Å². The number of rotatable bonds is 11. The van der Waals surface area contributed by atoms with Crippen molar-refractivity contribution in [1.82, 2.24) is 36.4 Å². The van der Waals surface area contributed by atoms with E-state index in [1.807, 2.05) is 0 Å². The summed E-state index contributed by atoms with van der Waals surface area (Å²) in [6, 6.07) is 1.51. The highest BCUT2D eigenvalue weighted by molar-refractivity contribution is 5.78. The molecule has 3 saturated carbocycles. The minimum atomic E-state index is -0.577. The molecule has 0 aromatic rings. The molecule has 3 aliphatic carbocycles. The third kappa shape index (κ3) is 8.20. The predicted octanol–water partition coefficient (Wildman–Crippen LogP) is 1.56. The summed E-state index contributed by atoms with van der Waals surface area (Å²) in [5, 5.41) is 29.3. The Morgan fingerprint density at radius 2 is 1.85 bits per heavy atom. The molecule has 47 heavy (non-hydrogen) atoms. The number of piperazine rings is 1. The third-order valence-corrected chi connectivity index (χ3v) is 13.5. The molecule has 7 aliphatic rings. The van der Waals surface area contributed by atoms with Crippen LogP contribution in [0.2, 0.25) is 0 Å². The van der Waals surface area contributed by atoms with Gasteiger partial charge in [0.1, 0.15) is 0 Å². The van der Waals surface area contributed by atoms with E-state index in [0.29, 0.717) is 61.4 Å². The average Bonchev–Trinajstić information content (AvgIpc) is 3.46. The van der Waals surface area contributed by atoms with Crippen molar-refractivity contribution in [3.8, 4) is 0 Å². The number of hydrogen-bond acceptors (Lipinski definition) is 10. The molecule has 1 spiro atoms. The van der Waals surface area contributed by atoms with Gasteiger partial charge in [0.05, 0.1) is 44.0 Å². The standard InChI is InChI=1S/C36H65N7O4/c1-23(2)42-9-11-43(12-10-42)34-16-26(15-33(41-34)40-28-17-36(18-28)7-4-8-36)35(45)38-20-31(44)30-14-25-5-6-29(13-27(25)19-37-30)46-21-32-24(3)39-22-47-32/h23-34,37,39-41,44H,4-22H2,1-3H3,(H,38,45)/t24?,25?,26?,27?,29?,30-,31+,32?,33?,34?/m0/s1. The highest BCUT2D eigenvalue weighted by Crippen LogP contribution is 2.56. The Hall–Kier alpha value is -0.890. The Morgan fingerprint density at radius 3 is 2.55 bits per heavy atom. The zero-order valence-corrected chi connectivity index (χ0v) is 29.4. The van der Waals surface area contributed by atoms with Crippen LogP contribution in [0, 0.1) is 23.2 Å². The second kappa shape index (κ2) is 15.2. The van der Waals surface area contributed by atoms with Gasteiger partial charge in [0.15, 0.2) is 0 Å². The molecule has 7 rings (SSSR count). The number of nitrogens with zero attached hydrogens (tertiary/aromatic N) is 2. The maximum atomic E-state index is 13.7. The van der Waals surface area contributed by atoms with Gasteiger partial charge in [-0.25, -0.2) is 0 Å². The fourth-order valence-electron chi connectivity index (χ4n) is 10.1. The maximum Gasteiger partial charge on any atom is 0.223 e. The first-order valence-electron chi connectivity index (χ1n) is 19.4. The van der Waals surface area contributed by atoms with E-state index in [2.05, 4.69) is 57.2 Å². The Balaban J connectivity index is 0.872. The molecule has 4 heterocycles. The second-order valence-corrected chi connectivity index (χ2v) is 16.9. The molecule has 0 radical (unpaired) electrons. The van der Waals surface area contributed by atoms with Crippen LogP contribution >= 0.6 is 0 Å². The molecule has 4 saturated heterocycles. The van der Waals surface area contributed by atoms with Gasteiger partial charge in [-0.2, -0.15) is 0 Å². The van der Waals surface area contributed by atoms with Crippen LogP contribution in [0.15, 0.2) is 0 Å². The van der Waals surface area contributed by atoms with Crippen molar-refractivity contribution in [1.29, 1.82) is 0 Å². The van der Waals surface area contributed by atoms with E-state index in [1.54, 1.807) is 0 Å². The van der Waals surface area contributed by atoms with Gasteiger partial charge in [-0.15, -0.1) is 0 Å². The van der Waals surface area contributed by atoms with Crippen molar-refractivity contribution in [3.05, 3.63) is 0 Å². The molecule has 7 fully saturated rings. The molecule has 0 aromatic heterocycles. The van der Waals surface area contributed by atoms with Gasteiger partial charge < -0.3 is 25.2 Å². The van der Waals surface area contributed by atoms with Gasteiger partial charge in [0.25, 0.3) is 0 Å². The molecule has 8 unspecified atom stereocenters. The number of amides is 1. The summed E-state index contributed by atoms with van der Waals surface area (Å²) in [5.74, 6) is 1.24. The van der Waals surface area contributed by atoms with E-state index in [1.165, 1.54) is 32.1 Å². The third-order valence-electron chi connectivity index (χ3n) is 13.5. The van der Waals surface area contributed by atoms with Gasteiger partial charge in [-0.05, 0) is 109 Å². The van der Waals surface area contributed by atoms with Crippen molar-refractivity contribution in [3.63, 3.8) is 0 Å². The van der Waals surface area contributed by atoms with E-state index < -0.39 is 6.10 Å². The van der Waals surface area contributed by atoms with Crippen molar-refractivity contribution in [2.24, 2.45) is 23.2 Å². The molecule has 10 atom stereocenters. The number of carbonyl (C=O) groups excluding carboxylic acids is 1. The Kier molecular flexibility index (Phi) is 11.1. The number of hydrogen-bond donors (Lipinski definition) is 6. The molecule has 268 valence electrons. The Morgan fingerprint density at radius 1 is 1.04 bits per heavy atom. The predicted molar refractivity (Wildman–Crippen MR) is 182 cm³/mol. The lowest BCUT2D eigenvalue weighted by Crippen LogP contribution is -2.66. The first-order valence-corrected chi connectivity index (χ1v) is 19.4. The number of aliphatic hydroxyl groups is 1. The molecule has 0 aromatic carbocycles. The SMILES string of the molecule is CC1NCOC1COC1CCC2C[C@@H]([C@H](O)CNC(=O)C3CC(NC4CC5(CCC5)C4)NC(N4CCN(C(C)C)CC4)C3)NCC2C1. The van der Waals surface area contributed by atoms with Crippen LogP contribution in [0.1, 0.15) is 91.4 Å². The van der Waals surface area contributed by atoms with E-state index in [0.717, 1.165) is 71.2 Å². The van der Waals surface area contributed by atoms with Crippen LogP contribution in [0.5, 0.6) is 0 Å². The molecule has 0 bridgehead atoms. The first kappa shape index (κ1) is 34.6. The van der Waals surface area contributed by atoms with Crippen LogP contribution in [-0.2, 0) is 14.3 Å². The summed E-state index contributed by atoms with van der Waals surface area (Å²) >= 11 is 0. The minimum absolute atomic E-state index is 0.0257. The fourth-order valence-corrected chi connectivity index (χ4v) is 10.1. The molecule has 4 aliphatic heterocycles. The van der Waals surface area contributed by atoms with Crippen molar-refractivity contribution < 1.29 is 19.4 Å². The number of piperidine rings is 2. The molecule has 11 nitrogen and oxygen atoms in total. The Labute approximate surface area is 283 Å². The summed E-state index contributed by atoms with van der Waals surface area (Å²) in [7, 11) is 0. The summed E-state index contributed by atoms with van der Waals surface area (Å²) in [6.07, 6.45) is 12.9. The minimum Gasteiger partial charge on any atom is -0.390 e. The van der Waals surface area contributed by atoms with Gasteiger partial charge in [0, 0.05) is 62.8 Å². The largest absolute Gasteiger partial charge is 0.390 e. The van der Waals surface area contributed by atoms with Gasteiger partial charge >= 0.3 is 0 Å². The summed E-state index contributed by atoms with van der Waals surface area (Å²) in [5.41, 5.74) is 0.632. The van der Waals surface area contributed by atoms with Crippen LogP contribution < -0.4 is 26.6 Å². The van der Waals surface area contributed by atoms with E-state index >= 15 is 0 Å². The summed E-state index contributed by atoms with van der Waals surface area (Å²) in [6.45, 7) is 13.5. The Bertz CT molecular complexity index is 1030. The van der Waals surface area contributed by atoms with Gasteiger partial charge in [-0.3, -0.25) is 30.5 Å². The monoisotopic (exact) mass is 660 g/mol. The van der Waals surface area contributed by atoms with Crippen molar-refractivity contribution in [2.45, 2.75) is 146 Å². The first-order chi connectivity index (χ1) is 22.7. The normalized spacial score (nSPS) is 40.5. The lowest BCUT2D eigenvalue weighted by Gasteiger charge is -2.56. The molecular formula is C36H65N7O4. The smallest absolute Gasteiger partial charge is 0.223 e. The fraction of sp³-hybridized carbons (Fsp3) is 0.972. The van der Waals surface area contributed by atoms with Crippen LogP contribution in [0.4, 0.5) is 0 Å². The summed E-state index contributed by atoms with van der Waals surface area (Å²) < 4.78 is 12.0. The quantitative estimate of drug-likeness (QED) is 0.195. The lowest BCUT2D eigenvalue weighted by atomic mass is 9.54. The summed E-state index contributed by atoms with van der Waals surface area (Å²) in [4.78, 5) is 18.8. The zero-order valence-electron chi connectivity index (χ0n) is 29.4. The molecule has 11 heteroatoms. The van der Waals surface area contributed by atoms with Crippen LogP contribution in [0.3, 0.4) is 0 Å². The number of carbonyl (C=O) groups is 1. The number of nitrogens with one attached hydrogen (secondary N) is 5. The molecule has 1 amide bonds. The van der Waals surface area contributed by atoms with Crippen molar-refractivity contribution in [2.75, 3.05) is 52.6 Å². The zero-order chi connectivity index (χ0) is 32.5. The van der Waals surface area contributed by atoms with E-state index in [4.69, 9.17) is 9.47 Å². The molecule has 6 N–H and O–H groups in total. The van der Waals surface area contributed by atoms with E-state index in [9.17, 15) is 9.90 Å². The number of aliphatic hydroxyl groups excluding tert-OH is 1. The maximum absolute atomic E-state index is 13.7. The average molecular weight is 660 g/mol. The molecular weight excluding hydrogens is 594 g/mol. The number of fused-ring (bicyclic) bond motifs is 1. The van der Waals surface area contributed by atoms with Crippen LogP contribution in [-0.4, -0.2) is 128 Å². The van der Waals surface area contributed by atoms with E-state index in [-0.39, 0.29) is 36.3 Å². The second-order valence-electron chi connectivity index (χ2n) is 16.9. The lowest BCUT2D eigenvalue weighted by molar-refractivity contribution is -0.128. The van der Waals surface area contributed by atoms with Crippen molar-refractivity contribution >= 4 is 5.91 Å².